The van der Waals surface area contributed by atoms with Gasteiger partial charge >= 0.3 is 17.9 Å². The molecule has 0 amide bonds. The zero-order valence-corrected chi connectivity index (χ0v) is 32.1. The van der Waals surface area contributed by atoms with E-state index < -0.39 is 34.0 Å². The summed E-state index contributed by atoms with van der Waals surface area (Å²) in [6, 6.07) is 0. The van der Waals surface area contributed by atoms with Crippen molar-refractivity contribution in [3.05, 3.63) is 12.2 Å². The van der Waals surface area contributed by atoms with E-state index in [2.05, 4.69) is 6.58 Å². The van der Waals surface area contributed by atoms with E-state index in [1.54, 1.807) is 6.92 Å². The van der Waals surface area contributed by atoms with Crippen LogP contribution in [0.5, 0.6) is 0 Å². The van der Waals surface area contributed by atoms with Crippen molar-refractivity contribution >= 4 is 29.5 Å². The third kappa shape index (κ3) is 18.0. The van der Waals surface area contributed by atoms with Gasteiger partial charge in [-0.25, -0.2) is 0 Å². The molecule has 0 saturated carbocycles. The van der Waals surface area contributed by atoms with Gasteiger partial charge in [0, 0.05) is 17.3 Å². The van der Waals surface area contributed by atoms with Crippen molar-refractivity contribution in [3.63, 3.8) is 0 Å². The summed E-state index contributed by atoms with van der Waals surface area (Å²) >= 11 is 0. The van der Waals surface area contributed by atoms with Crippen molar-refractivity contribution in [2.75, 3.05) is 20.6 Å². The van der Waals surface area contributed by atoms with Crippen LogP contribution in [0.1, 0.15) is 135 Å². The highest BCUT2D eigenvalue weighted by Crippen LogP contribution is 2.40. The first-order valence-electron chi connectivity index (χ1n) is 16.6. The lowest BCUT2D eigenvalue weighted by Crippen LogP contribution is -2.41. The van der Waals surface area contributed by atoms with Gasteiger partial charge in [-0.15, -0.1) is 0 Å². The smallest absolute Gasteiger partial charge is 0.314 e. The van der Waals surface area contributed by atoms with E-state index >= 15 is 0 Å². The van der Waals surface area contributed by atoms with Gasteiger partial charge in [0.25, 0.3) is 0 Å². The molecule has 1 unspecified atom stereocenters. The Hall–Kier alpha value is -2.55. The molecule has 0 aliphatic carbocycles. The van der Waals surface area contributed by atoms with Crippen LogP contribution in [-0.2, 0) is 38.2 Å². The Morgan fingerprint density at radius 3 is 1.54 bits per heavy atom. The van der Waals surface area contributed by atoms with Crippen molar-refractivity contribution in [1.29, 1.82) is 0 Å². The Labute approximate surface area is 280 Å². The lowest BCUT2D eigenvalue weighted by molar-refractivity contribution is -0.164. The molecular weight excluding hydrogens is 586 g/mol. The number of hydrogen-bond donors (Lipinski definition) is 0. The van der Waals surface area contributed by atoms with Crippen LogP contribution in [0.2, 0.25) is 0 Å². The van der Waals surface area contributed by atoms with E-state index in [9.17, 15) is 24.0 Å². The van der Waals surface area contributed by atoms with Crippen molar-refractivity contribution in [1.82, 2.24) is 4.90 Å². The van der Waals surface area contributed by atoms with E-state index in [-0.39, 0.29) is 48.3 Å². The zero-order chi connectivity index (χ0) is 36.8. The molecule has 0 fully saturated rings. The summed E-state index contributed by atoms with van der Waals surface area (Å²) in [4.78, 5) is 62.2. The van der Waals surface area contributed by atoms with E-state index in [0.717, 1.165) is 13.0 Å². The second-order valence-corrected chi connectivity index (χ2v) is 15.8. The first-order chi connectivity index (χ1) is 20.6. The Morgan fingerprint density at radius 1 is 0.739 bits per heavy atom. The molecule has 0 rings (SSSR count). The first kappa shape index (κ1) is 45.6. The molecule has 9 heteroatoms. The molecule has 0 aromatic rings. The number of carbonyl (C=O) groups is 5. The maximum atomic E-state index is 12.9. The Morgan fingerprint density at radius 2 is 1.17 bits per heavy atom. The van der Waals surface area contributed by atoms with E-state index in [1.165, 1.54) is 0 Å². The van der Waals surface area contributed by atoms with E-state index in [0.29, 0.717) is 24.8 Å². The van der Waals surface area contributed by atoms with Crippen LogP contribution in [0.4, 0.5) is 0 Å². The third-order valence-electron chi connectivity index (χ3n) is 8.78. The molecule has 9 nitrogen and oxygen atoms in total. The van der Waals surface area contributed by atoms with Crippen LogP contribution in [0.15, 0.2) is 12.2 Å². The van der Waals surface area contributed by atoms with Gasteiger partial charge < -0.3 is 19.1 Å². The van der Waals surface area contributed by atoms with Crippen LogP contribution in [0, 0.1) is 22.7 Å². The van der Waals surface area contributed by atoms with Gasteiger partial charge in [-0.2, -0.15) is 0 Å². The minimum Gasteiger partial charge on any atom is -0.462 e. The monoisotopic (exact) mass is 653 g/mol. The minimum absolute atomic E-state index is 0.149. The number of nitrogens with zero attached hydrogens (tertiary/aromatic N) is 1. The molecule has 268 valence electrons. The Balaban J connectivity index is 0. The van der Waals surface area contributed by atoms with E-state index in [1.807, 2.05) is 109 Å². The predicted molar refractivity (Wildman–Crippen MR) is 184 cm³/mol. The summed E-state index contributed by atoms with van der Waals surface area (Å²) in [6.07, 6.45) is 1.54. The second-order valence-electron chi connectivity index (χ2n) is 15.8. The quantitative estimate of drug-likeness (QED) is 0.0604. The summed E-state index contributed by atoms with van der Waals surface area (Å²) < 4.78 is 16.5. The summed E-state index contributed by atoms with van der Waals surface area (Å²) in [5.74, 6) is -1.24. The molecule has 0 N–H and O–H groups in total. The average Bonchev–Trinajstić information content (AvgIpc) is 2.85. The minimum atomic E-state index is -0.741. The molecular formula is C37H67NO8. The maximum absolute atomic E-state index is 12.9. The molecule has 0 saturated heterocycles. The SMILES string of the molecule is C=C(C)C(=O)CC(=O)OC(C)(C)C(C)C.CCC(OC(=O)CCCN(C)C)C(C)(C)CC(C)(C)C(=O)CC(=O)OC(C)(C)C(C)C. The summed E-state index contributed by atoms with van der Waals surface area (Å²) in [5, 5.41) is 0. The van der Waals surface area contributed by atoms with Crippen LogP contribution in [0.25, 0.3) is 0 Å². The molecule has 0 aromatic heterocycles. The van der Waals surface area contributed by atoms with Gasteiger partial charge in [0.1, 0.15) is 35.9 Å². The van der Waals surface area contributed by atoms with Crippen LogP contribution in [0.3, 0.4) is 0 Å². The zero-order valence-electron chi connectivity index (χ0n) is 32.1. The highest BCUT2D eigenvalue weighted by atomic mass is 16.6. The summed E-state index contributed by atoms with van der Waals surface area (Å²) in [7, 11) is 3.95. The molecule has 0 bridgehead atoms. The van der Waals surface area contributed by atoms with Crippen LogP contribution < -0.4 is 0 Å². The highest BCUT2D eigenvalue weighted by Gasteiger charge is 2.41. The number of rotatable bonds is 19. The van der Waals surface area contributed by atoms with Crippen LogP contribution in [-0.4, -0.2) is 72.3 Å². The maximum Gasteiger partial charge on any atom is 0.314 e. The molecule has 46 heavy (non-hydrogen) atoms. The van der Waals surface area contributed by atoms with Crippen LogP contribution >= 0.6 is 0 Å². The third-order valence-corrected chi connectivity index (χ3v) is 8.78. The predicted octanol–water partition coefficient (Wildman–Crippen LogP) is 7.53. The fourth-order valence-electron chi connectivity index (χ4n) is 4.45. The molecule has 0 radical (unpaired) electrons. The fourth-order valence-corrected chi connectivity index (χ4v) is 4.45. The molecule has 0 spiro atoms. The number of Topliss-reactive ketones (excluding diaryl/α,β-unsaturated/α-hetero) is 2. The Bertz CT molecular complexity index is 1030. The standard InChI is InChI=1S/C25H47NO5.C12H20O3/c1-12-20(30-21(28)14-13-15-26(10)11)24(6,7)17-23(4,5)19(27)16-22(29)31-25(8,9)18(2)3;1-8(2)10(13)7-11(14)15-12(5,6)9(3)4/h18,20H,12-17H2,1-11H3;9H,1,7H2,2-6H3. The average molecular weight is 654 g/mol. The van der Waals surface area contributed by atoms with Gasteiger partial charge in [0.05, 0.1) is 0 Å². The lowest BCUT2D eigenvalue weighted by atomic mass is 9.69. The normalized spacial score (nSPS) is 13.1. The molecule has 0 aliphatic heterocycles. The number of allylic oxidation sites excluding steroid dienone is 1. The van der Waals surface area contributed by atoms with Crippen molar-refractivity contribution in [2.24, 2.45) is 22.7 Å². The number of ether oxygens (including phenoxy) is 3. The van der Waals surface area contributed by atoms with Crippen molar-refractivity contribution in [2.45, 2.75) is 153 Å². The number of esters is 3. The fraction of sp³-hybridized carbons (Fsp3) is 0.811. The lowest BCUT2D eigenvalue weighted by Gasteiger charge is -2.39. The second kappa shape index (κ2) is 19.3. The first-order valence-corrected chi connectivity index (χ1v) is 16.6. The number of hydrogen-bond acceptors (Lipinski definition) is 9. The van der Waals surface area contributed by atoms with E-state index in [4.69, 9.17) is 14.2 Å². The number of carbonyl (C=O) groups excluding carboxylic acids is 5. The molecule has 1 atom stereocenters. The topological polar surface area (TPSA) is 116 Å². The molecule has 0 aliphatic rings. The highest BCUT2D eigenvalue weighted by molar-refractivity contribution is 6.04. The summed E-state index contributed by atoms with van der Waals surface area (Å²) in [5.41, 5.74) is -1.92. The van der Waals surface area contributed by atoms with Gasteiger partial charge in [-0.3, -0.25) is 24.0 Å². The van der Waals surface area contributed by atoms with Gasteiger partial charge in [-0.1, -0.05) is 68.9 Å². The summed E-state index contributed by atoms with van der Waals surface area (Å²) in [6.45, 7) is 30.9. The van der Waals surface area contributed by atoms with Gasteiger partial charge in [0.15, 0.2) is 5.78 Å². The van der Waals surface area contributed by atoms with Crippen molar-refractivity contribution < 1.29 is 38.2 Å². The van der Waals surface area contributed by atoms with Gasteiger partial charge in [0.2, 0.25) is 0 Å². The van der Waals surface area contributed by atoms with Gasteiger partial charge in [-0.05, 0) is 91.9 Å². The van der Waals surface area contributed by atoms with Crippen molar-refractivity contribution in [3.8, 4) is 0 Å². The number of ketones is 2. The largest absolute Gasteiger partial charge is 0.462 e. The molecule has 0 heterocycles. The Kier molecular flexibility index (Phi) is 19.1. The molecule has 0 aromatic carbocycles.